The number of hydrogen-bond acceptors (Lipinski definition) is 3. The first-order chi connectivity index (χ1) is 14.7. The first kappa shape index (κ1) is 25.6. The van der Waals surface area contributed by atoms with Crippen molar-refractivity contribution in [1.29, 1.82) is 0 Å². The number of nitrogens with zero attached hydrogens (tertiary/aromatic N) is 1. The van der Waals surface area contributed by atoms with Gasteiger partial charge in [0.1, 0.15) is 6.04 Å². The second-order valence-corrected chi connectivity index (χ2v) is 9.58. The molecule has 0 aliphatic heterocycles. The van der Waals surface area contributed by atoms with E-state index >= 15 is 0 Å². The molecule has 2 aromatic carbocycles. The maximum Gasteiger partial charge on any atom is 0.243 e. The number of carbonyl (C=O) groups is 2. The summed E-state index contributed by atoms with van der Waals surface area (Å²) in [6.07, 6.45) is 0.522. The van der Waals surface area contributed by atoms with Crippen LogP contribution < -0.4 is 5.32 Å². The van der Waals surface area contributed by atoms with E-state index in [0.717, 1.165) is 11.3 Å². The fourth-order valence-corrected chi connectivity index (χ4v) is 4.55. The van der Waals surface area contributed by atoms with Crippen molar-refractivity contribution in [3.05, 3.63) is 69.2 Å². The van der Waals surface area contributed by atoms with E-state index < -0.39 is 6.04 Å². The van der Waals surface area contributed by atoms with Crippen molar-refractivity contribution < 1.29 is 9.59 Å². The van der Waals surface area contributed by atoms with E-state index in [2.05, 4.69) is 24.4 Å². The molecule has 0 fully saturated rings. The molecule has 2 amide bonds. The van der Waals surface area contributed by atoms with Crippen LogP contribution >= 0.6 is 35.0 Å². The van der Waals surface area contributed by atoms with Gasteiger partial charge in [-0.1, -0.05) is 60.5 Å². The zero-order chi connectivity index (χ0) is 23.0. The summed E-state index contributed by atoms with van der Waals surface area (Å²) in [7, 11) is 0. The Hall–Kier alpha value is -1.69. The monoisotopic (exact) mass is 480 g/mol. The number of nitrogens with one attached hydrogen (secondary N) is 1. The molecule has 0 saturated heterocycles. The Kier molecular flexibility index (Phi) is 10.2. The van der Waals surface area contributed by atoms with E-state index in [1.807, 2.05) is 39.0 Å². The Bertz CT molecular complexity index is 905. The van der Waals surface area contributed by atoms with Crippen molar-refractivity contribution in [3.8, 4) is 0 Å². The lowest BCUT2D eigenvalue weighted by Crippen LogP contribution is -2.50. The molecule has 31 heavy (non-hydrogen) atoms. The van der Waals surface area contributed by atoms with Gasteiger partial charge in [-0.2, -0.15) is 0 Å². The number of carbonyl (C=O) groups excluding carboxylic acids is 2. The third-order valence-electron chi connectivity index (χ3n) is 4.90. The van der Waals surface area contributed by atoms with Crippen LogP contribution in [0.25, 0.3) is 0 Å². The van der Waals surface area contributed by atoms with Crippen molar-refractivity contribution in [2.75, 3.05) is 5.75 Å². The molecule has 1 unspecified atom stereocenters. The summed E-state index contributed by atoms with van der Waals surface area (Å²) in [4.78, 5) is 27.7. The first-order valence-corrected chi connectivity index (χ1v) is 12.3. The topological polar surface area (TPSA) is 49.4 Å². The van der Waals surface area contributed by atoms with Gasteiger partial charge < -0.3 is 10.2 Å². The Labute approximate surface area is 199 Å². The van der Waals surface area contributed by atoms with Crippen LogP contribution in [-0.4, -0.2) is 34.6 Å². The van der Waals surface area contributed by atoms with Crippen LogP contribution in [0.4, 0.5) is 0 Å². The van der Waals surface area contributed by atoms with Gasteiger partial charge in [-0.3, -0.25) is 9.59 Å². The van der Waals surface area contributed by atoms with Gasteiger partial charge in [0, 0.05) is 18.3 Å². The minimum Gasteiger partial charge on any atom is -0.352 e. The van der Waals surface area contributed by atoms with Crippen LogP contribution in [-0.2, 0) is 21.9 Å². The molecule has 0 aromatic heterocycles. The third-order valence-corrected chi connectivity index (χ3v) is 6.60. The van der Waals surface area contributed by atoms with Gasteiger partial charge >= 0.3 is 0 Å². The summed E-state index contributed by atoms with van der Waals surface area (Å²) >= 11 is 13.8. The average Bonchev–Trinajstić information content (AvgIpc) is 2.71. The molecule has 0 aliphatic rings. The molecule has 4 nitrogen and oxygen atoms in total. The maximum atomic E-state index is 13.2. The smallest absolute Gasteiger partial charge is 0.243 e. The molecule has 0 bridgehead atoms. The second-order valence-electron chi connectivity index (χ2n) is 7.78. The van der Waals surface area contributed by atoms with Crippen LogP contribution in [0, 0.1) is 6.92 Å². The molecule has 168 valence electrons. The molecule has 0 saturated carbocycles. The predicted molar refractivity (Wildman–Crippen MR) is 132 cm³/mol. The molecule has 1 atom stereocenters. The van der Waals surface area contributed by atoms with E-state index in [1.54, 1.807) is 28.8 Å². The van der Waals surface area contributed by atoms with E-state index in [-0.39, 0.29) is 17.9 Å². The molecule has 2 aromatic rings. The van der Waals surface area contributed by atoms with Crippen molar-refractivity contribution in [3.63, 3.8) is 0 Å². The Balaban J connectivity index is 2.18. The summed E-state index contributed by atoms with van der Waals surface area (Å²) in [5, 5.41) is 3.83. The van der Waals surface area contributed by atoms with Crippen LogP contribution in [0.3, 0.4) is 0 Å². The Morgan fingerprint density at radius 3 is 2.42 bits per heavy atom. The SMILES string of the molecule is CCC(C(=O)NC(C)C)N(Cc1ccc(Cl)c(Cl)c1)C(=O)CSCc1ccccc1C. The van der Waals surface area contributed by atoms with Crippen molar-refractivity contribution >= 4 is 46.8 Å². The van der Waals surface area contributed by atoms with E-state index in [9.17, 15) is 9.59 Å². The van der Waals surface area contributed by atoms with Crippen LogP contribution in [0.15, 0.2) is 42.5 Å². The third kappa shape index (κ3) is 7.74. The minimum absolute atomic E-state index is 0.00101. The number of benzene rings is 2. The molecule has 7 heteroatoms. The van der Waals surface area contributed by atoms with Crippen LogP contribution in [0.1, 0.15) is 43.9 Å². The first-order valence-electron chi connectivity index (χ1n) is 10.4. The van der Waals surface area contributed by atoms with E-state index in [1.165, 1.54) is 11.1 Å². The van der Waals surface area contributed by atoms with E-state index in [4.69, 9.17) is 23.2 Å². The summed E-state index contributed by atoms with van der Waals surface area (Å²) in [5.74, 6) is 0.819. The Morgan fingerprint density at radius 1 is 1.10 bits per heavy atom. The highest BCUT2D eigenvalue weighted by atomic mass is 35.5. The fraction of sp³-hybridized carbons (Fsp3) is 0.417. The lowest BCUT2D eigenvalue weighted by Gasteiger charge is -2.31. The van der Waals surface area contributed by atoms with Gasteiger partial charge in [-0.15, -0.1) is 11.8 Å². The maximum absolute atomic E-state index is 13.2. The molecular formula is C24H30Cl2N2O2S. The van der Waals surface area contributed by atoms with Gasteiger partial charge in [0.25, 0.3) is 0 Å². The normalized spacial score (nSPS) is 12.0. The van der Waals surface area contributed by atoms with Gasteiger partial charge in [0.2, 0.25) is 11.8 Å². The number of hydrogen-bond donors (Lipinski definition) is 1. The van der Waals surface area contributed by atoms with Gasteiger partial charge in [-0.25, -0.2) is 0 Å². The molecule has 1 N–H and O–H groups in total. The lowest BCUT2D eigenvalue weighted by molar-refractivity contribution is -0.139. The molecule has 0 spiro atoms. The standard InChI is InChI=1S/C24H30Cl2N2O2S/c1-5-22(24(30)27-16(2)3)28(13-18-10-11-20(25)21(26)12-18)23(29)15-31-14-19-9-7-6-8-17(19)4/h6-12,16,22H,5,13-15H2,1-4H3,(H,27,30). The molecule has 0 heterocycles. The fourth-order valence-electron chi connectivity index (χ4n) is 3.24. The molecule has 0 radical (unpaired) electrons. The van der Waals surface area contributed by atoms with Crippen molar-refractivity contribution in [1.82, 2.24) is 10.2 Å². The van der Waals surface area contributed by atoms with Crippen LogP contribution in [0.2, 0.25) is 10.0 Å². The van der Waals surface area contributed by atoms with Gasteiger partial charge in [0.05, 0.1) is 15.8 Å². The number of thioether (sulfide) groups is 1. The zero-order valence-corrected chi connectivity index (χ0v) is 20.8. The van der Waals surface area contributed by atoms with Crippen LogP contribution in [0.5, 0.6) is 0 Å². The minimum atomic E-state index is -0.552. The quantitative estimate of drug-likeness (QED) is 0.462. The summed E-state index contributed by atoms with van der Waals surface area (Å²) in [6.45, 7) is 8.10. The average molecular weight is 481 g/mol. The van der Waals surface area contributed by atoms with Gasteiger partial charge in [-0.05, 0) is 56.0 Å². The molecule has 2 rings (SSSR count). The largest absolute Gasteiger partial charge is 0.352 e. The summed E-state index contributed by atoms with van der Waals surface area (Å²) in [5.41, 5.74) is 3.25. The highest BCUT2D eigenvalue weighted by Crippen LogP contribution is 2.25. The summed E-state index contributed by atoms with van der Waals surface area (Å²) < 4.78 is 0. The lowest BCUT2D eigenvalue weighted by atomic mass is 10.1. The highest BCUT2D eigenvalue weighted by Gasteiger charge is 2.29. The number of aryl methyl sites for hydroxylation is 1. The summed E-state index contributed by atoms with van der Waals surface area (Å²) in [6, 6.07) is 12.9. The predicted octanol–water partition coefficient (Wildman–Crippen LogP) is 5.87. The van der Waals surface area contributed by atoms with Crippen molar-refractivity contribution in [2.45, 2.75) is 58.5 Å². The number of rotatable bonds is 10. The number of halogens is 2. The molecular weight excluding hydrogens is 451 g/mol. The Morgan fingerprint density at radius 2 is 1.81 bits per heavy atom. The zero-order valence-electron chi connectivity index (χ0n) is 18.5. The number of amides is 2. The van der Waals surface area contributed by atoms with E-state index in [0.29, 0.717) is 28.8 Å². The second kappa shape index (κ2) is 12.4. The highest BCUT2D eigenvalue weighted by molar-refractivity contribution is 7.99. The molecule has 0 aliphatic carbocycles. The van der Waals surface area contributed by atoms with Gasteiger partial charge in [0.15, 0.2) is 0 Å². The van der Waals surface area contributed by atoms with Crippen molar-refractivity contribution in [2.24, 2.45) is 0 Å².